The van der Waals surface area contributed by atoms with E-state index in [0.717, 1.165) is 18.8 Å². The summed E-state index contributed by atoms with van der Waals surface area (Å²) in [4.78, 5) is 0. The van der Waals surface area contributed by atoms with Gasteiger partial charge in [0.2, 0.25) is 0 Å². The second-order valence-corrected chi connectivity index (χ2v) is 4.07. The third-order valence-corrected chi connectivity index (χ3v) is 2.60. The molecule has 0 atom stereocenters. The van der Waals surface area contributed by atoms with E-state index in [-0.39, 0.29) is 0 Å². The fourth-order valence-electron chi connectivity index (χ4n) is 1.68. The van der Waals surface area contributed by atoms with Gasteiger partial charge in [-0.15, -0.1) is 0 Å². The van der Waals surface area contributed by atoms with Crippen LogP contribution in [0.25, 0.3) is 0 Å². The Morgan fingerprint density at radius 2 is 1.83 bits per heavy atom. The van der Waals surface area contributed by atoms with Crippen LogP contribution in [0.2, 0.25) is 0 Å². The van der Waals surface area contributed by atoms with Crippen molar-refractivity contribution in [3.63, 3.8) is 0 Å². The Labute approximate surface area is 107 Å². The van der Waals surface area contributed by atoms with E-state index in [1.54, 1.807) is 13.3 Å². The van der Waals surface area contributed by atoms with Gasteiger partial charge in [0.15, 0.2) is 0 Å². The minimum absolute atomic E-state index is 0.660. The van der Waals surface area contributed by atoms with Crippen molar-refractivity contribution in [1.82, 2.24) is 15.5 Å². The van der Waals surface area contributed by atoms with Crippen LogP contribution in [0, 0.1) is 0 Å². The van der Waals surface area contributed by atoms with Gasteiger partial charge in [0.1, 0.15) is 0 Å². The van der Waals surface area contributed by atoms with Crippen molar-refractivity contribution in [2.24, 2.45) is 0 Å². The highest BCUT2D eigenvalue weighted by molar-refractivity contribution is 5.21. The Kier molecular flexibility index (Phi) is 4.81. The molecule has 2 aromatic rings. The number of aromatic nitrogens is 2. The van der Waals surface area contributed by atoms with Crippen molar-refractivity contribution in [1.29, 1.82) is 0 Å². The summed E-state index contributed by atoms with van der Waals surface area (Å²) in [5.41, 5.74) is 3.39. The highest BCUT2D eigenvalue weighted by atomic mass is 16.5. The van der Waals surface area contributed by atoms with Gasteiger partial charge in [0.25, 0.3) is 0 Å². The van der Waals surface area contributed by atoms with Crippen molar-refractivity contribution in [2.75, 3.05) is 7.11 Å². The fourth-order valence-corrected chi connectivity index (χ4v) is 1.68. The number of benzene rings is 1. The molecule has 0 aliphatic rings. The Bertz CT molecular complexity index is 456. The van der Waals surface area contributed by atoms with Crippen molar-refractivity contribution in [3.05, 3.63) is 59.4 Å². The van der Waals surface area contributed by atoms with E-state index in [1.807, 2.05) is 12.1 Å². The Morgan fingerprint density at radius 3 is 2.50 bits per heavy atom. The number of methoxy groups -OCH3 is 1. The van der Waals surface area contributed by atoms with Crippen LogP contribution in [-0.4, -0.2) is 17.3 Å². The quantitative estimate of drug-likeness (QED) is 0.842. The molecule has 18 heavy (non-hydrogen) atoms. The van der Waals surface area contributed by atoms with Crippen molar-refractivity contribution < 1.29 is 4.74 Å². The van der Waals surface area contributed by atoms with Crippen LogP contribution in [-0.2, 0) is 24.4 Å². The van der Waals surface area contributed by atoms with Gasteiger partial charge in [0.05, 0.1) is 12.3 Å². The first-order valence-corrected chi connectivity index (χ1v) is 5.92. The summed E-state index contributed by atoms with van der Waals surface area (Å²) in [6.07, 6.45) is 1.68. The summed E-state index contributed by atoms with van der Waals surface area (Å²) in [6.45, 7) is 2.21. The molecule has 0 amide bonds. The second-order valence-electron chi connectivity index (χ2n) is 4.07. The molecule has 0 fully saturated rings. The number of nitrogens with zero attached hydrogens (tertiary/aromatic N) is 2. The standard InChI is InChI=1S/C14H17N3O/c1-18-11-13-6-4-12(5-7-13)9-15-10-14-3-2-8-16-17-14/h2-8,15H,9-11H2,1H3. The van der Waals surface area contributed by atoms with Crippen LogP contribution in [0.3, 0.4) is 0 Å². The van der Waals surface area contributed by atoms with E-state index < -0.39 is 0 Å². The smallest absolute Gasteiger partial charge is 0.0769 e. The van der Waals surface area contributed by atoms with E-state index in [1.165, 1.54) is 11.1 Å². The topological polar surface area (TPSA) is 47.0 Å². The first-order chi connectivity index (χ1) is 8.88. The first kappa shape index (κ1) is 12.7. The highest BCUT2D eigenvalue weighted by Gasteiger charge is 1.96. The summed E-state index contributed by atoms with van der Waals surface area (Å²) in [6, 6.07) is 12.2. The highest BCUT2D eigenvalue weighted by Crippen LogP contribution is 2.05. The molecule has 0 unspecified atom stereocenters. The van der Waals surface area contributed by atoms with Gasteiger partial charge in [-0.05, 0) is 23.3 Å². The van der Waals surface area contributed by atoms with Crippen LogP contribution >= 0.6 is 0 Å². The Hall–Kier alpha value is -1.78. The van der Waals surface area contributed by atoms with Gasteiger partial charge in [-0.25, -0.2) is 0 Å². The van der Waals surface area contributed by atoms with Crippen LogP contribution in [0.4, 0.5) is 0 Å². The third kappa shape index (κ3) is 3.91. The molecule has 0 aliphatic heterocycles. The van der Waals surface area contributed by atoms with Gasteiger partial charge in [-0.1, -0.05) is 24.3 Å². The molecule has 1 heterocycles. The summed E-state index contributed by atoms with van der Waals surface area (Å²) in [5, 5.41) is 11.2. The summed E-state index contributed by atoms with van der Waals surface area (Å²) >= 11 is 0. The largest absolute Gasteiger partial charge is 0.380 e. The zero-order valence-corrected chi connectivity index (χ0v) is 10.5. The lowest BCUT2D eigenvalue weighted by molar-refractivity contribution is 0.185. The molecule has 4 heteroatoms. The molecule has 0 spiro atoms. The second kappa shape index (κ2) is 6.83. The minimum atomic E-state index is 0.660. The summed E-state index contributed by atoms with van der Waals surface area (Å²) in [7, 11) is 1.70. The van der Waals surface area contributed by atoms with Gasteiger partial charge in [0, 0.05) is 26.4 Å². The lowest BCUT2D eigenvalue weighted by Crippen LogP contribution is -2.13. The van der Waals surface area contributed by atoms with Gasteiger partial charge >= 0.3 is 0 Å². The zero-order chi connectivity index (χ0) is 12.6. The maximum atomic E-state index is 5.08. The average Bonchev–Trinajstić information content (AvgIpc) is 2.42. The number of hydrogen-bond acceptors (Lipinski definition) is 4. The maximum Gasteiger partial charge on any atom is 0.0769 e. The molecule has 4 nitrogen and oxygen atoms in total. The van der Waals surface area contributed by atoms with E-state index in [4.69, 9.17) is 4.74 Å². The normalized spacial score (nSPS) is 10.5. The predicted octanol–water partition coefficient (Wildman–Crippen LogP) is 1.91. The number of hydrogen-bond donors (Lipinski definition) is 1. The zero-order valence-electron chi connectivity index (χ0n) is 10.5. The van der Waals surface area contributed by atoms with Gasteiger partial charge in [-0.2, -0.15) is 10.2 Å². The average molecular weight is 243 g/mol. The number of rotatable bonds is 6. The molecule has 0 radical (unpaired) electrons. The molecule has 1 N–H and O–H groups in total. The van der Waals surface area contributed by atoms with Crippen LogP contribution in [0.1, 0.15) is 16.8 Å². The van der Waals surface area contributed by atoms with Crippen molar-refractivity contribution >= 4 is 0 Å². The van der Waals surface area contributed by atoms with E-state index >= 15 is 0 Å². The number of nitrogens with one attached hydrogen (secondary N) is 1. The molecular formula is C14H17N3O. The minimum Gasteiger partial charge on any atom is -0.380 e. The third-order valence-electron chi connectivity index (χ3n) is 2.60. The van der Waals surface area contributed by atoms with E-state index in [9.17, 15) is 0 Å². The molecule has 0 saturated heterocycles. The Balaban J connectivity index is 1.80. The lowest BCUT2D eigenvalue weighted by atomic mass is 10.1. The van der Waals surface area contributed by atoms with Crippen molar-refractivity contribution in [2.45, 2.75) is 19.7 Å². The molecule has 0 saturated carbocycles. The summed E-state index contributed by atoms with van der Waals surface area (Å²) < 4.78 is 5.08. The monoisotopic (exact) mass is 243 g/mol. The lowest BCUT2D eigenvalue weighted by Gasteiger charge is -2.05. The molecule has 2 rings (SSSR count). The predicted molar refractivity (Wildman–Crippen MR) is 69.7 cm³/mol. The molecule has 0 bridgehead atoms. The molecular weight excluding hydrogens is 226 g/mol. The van der Waals surface area contributed by atoms with Crippen molar-refractivity contribution in [3.8, 4) is 0 Å². The SMILES string of the molecule is COCc1ccc(CNCc2cccnn2)cc1. The van der Waals surface area contributed by atoms with Crippen LogP contribution in [0.15, 0.2) is 42.6 Å². The van der Waals surface area contributed by atoms with Crippen LogP contribution < -0.4 is 5.32 Å². The van der Waals surface area contributed by atoms with Gasteiger partial charge in [-0.3, -0.25) is 0 Å². The molecule has 1 aromatic carbocycles. The maximum absolute atomic E-state index is 5.08. The van der Waals surface area contributed by atoms with E-state index in [2.05, 4.69) is 39.8 Å². The fraction of sp³-hybridized carbons (Fsp3) is 0.286. The number of ether oxygens (including phenoxy) is 1. The van der Waals surface area contributed by atoms with Crippen LogP contribution in [0.5, 0.6) is 0 Å². The van der Waals surface area contributed by atoms with E-state index in [0.29, 0.717) is 6.61 Å². The molecule has 1 aromatic heterocycles. The Morgan fingerprint density at radius 1 is 1.06 bits per heavy atom. The first-order valence-electron chi connectivity index (χ1n) is 5.92. The summed E-state index contributed by atoms with van der Waals surface area (Å²) in [5.74, 6) is 0. The van der Waals surface area contributed by atoms with Gasteiger partial charge < -0.3 is 10.1 Å². The molecule has 0 aliphatic carbocycles. The molecule has 94 valence electrons.